The molecule has 96 valence electrons. The average Bonchev–Trinajstić information content (AvgIpc) is 2.38. The molecule has 0 saturated carbocycles. The number of hydrogen-bond donors (Lipinski definition) is 0. The second-order valence-corrected chi connectivity index (χ2v) is 5.13. The Kier molecular flexibility index (Phi) is 4.41. The quantitative estimate of drug-likeness (QED) is 0.812. The van der Waals surface area contributed by atoms with Crippen LogP contribution in [0.1, 0.15) is 11.1 Å². The van der Waals surface area contributed by atoms with Crippen LogP contribution in [0.4, 0.5) is 4.39 Å². The van der Waals surface area contributed by atoms with Crippen molar-refractivity contribution in [2.75, 3.05) is 0 Å². The van der Waals surface area contributed by atoms with Gasteiger partial charge in [-0.2, -0.15) is 5.26 Å². The van der Waals surface area contributed by atoms with Crippen LogP contribution in [-0.4, -0.2) is 0 Å². The number of nitriles is 1. The van der Waals surface area contributed by atoms with Gasteiger partial charge in [0, 0.05) is 21.1 Å². The molecule has 2 rings (SSSR count). The molecule has 2 aromatic carbocycles. The lowest BCUT2D eigenvalue weighted by Gasteiger charge is -2.09. The minimum absolute atomic E-state index is 0.0358. The summed E-state index contributed by atoms with van der Waals surface area (Å²) < 4.78 is 19.7. The van der Waals surface area contributed by atoms with Crippen molar-refractivity contribution in [2.45, 2.75) is 6.61 Å². The fraction of sp³-hybridized carbons (Fsp3) is 0.0714. The van der Waals surface area contributed by atoms with Crippen LogP contribution < -0.4 is 4.74 Å². The first-order chi connectivity index (χ1) is 9.10. The highest BCUT2D eigenvalue weighted by molar-refractivity contribution is 9.10. The molecule has 5 heteroatoms. The van der Waals surface area contributed by atoms with E-state index in [1.165, 1.54) is 12.1 Å². The van der Waals surface area contributed by atoms with Gasteiger partial charge in [0.05, 0.1) is 5.56 Å². The maximum absolute atomic E-state index is 13.6. The molecule has 0 bridgehead atoms. The van der Waals surface area contributed by atoms with Crippen molar-refractivity contribution in [3.63, 3.8) is 0 Å². The average molecular weight is 341 g/mol. The van der Waals surface area contributed by atoms with E-state index in [0.29, 0.717) is 26.4 Å². The summed E-state index contributed by atoms with van der Waals surface area (Å²) in [5.41, 5.74) is 0.772. The monoisotopic (exact) mass is 339 g/mol. The molecule has 0 aliphatic rings. The van der Waals surface area contributed by atoms with Gasteiger partial charge in [0.25, 0.3) is 0 Å². The van der Waals surface area contributed by atoms with Gasteiger partial charge in [-0.15, -0.1) is 0 Å². The van der Waals surface area contributed by atoms with E-state index < -0.39 is 0 Å². The standard InChI is InChI=1S/C14H8BrClFNO/c15-11-3-1-10(13(17)5-11)8-19-14-6-12(16)4-2-9(14)7-18/h1-6H,8H2. The van der Waals surface area contributed by atoms with Crippen LogP contribution in [0.5, 0.6) is 5.75 Å². The summed E-state index contributed by atoms with van der Waals surface area (Å²) in [6.07, 6.45) is 0. The molecule has 0 radical (unpaired) electrons. The van der Waals surface area contributed by atoms with Crippen molar-refractivity contribution in [3.05, 3.63) is 62.8 Å². The second kappa shape index (κ2) is 6.05. The Morgan fingerprint density at radius 3 is 2.74 bits per heavy atom. The topological polar surface area (TPSA) is 33.0 Å². The molecule has 0 aliphatic heterocycles. The number of hydrogen-bond acceptors (Lipinski definition) is 2. The molecule has 19 heavy (non-hydrogen) atoms. The van der Waals surface area contributed by atoms with E-state index in [0.717, 1.165) is 0 Å². The third-order valence-corrected chi connectivity index (χ3v) is 3.19. The van der Waals surface area contributed by atoms with Crippen LogP contribution in [0.15, 0.2) is 40.9 Å². The third kappa shape index (κ3) is 3.46. The Labute approximate surface area is 123 Å². The zero-order valence-corrected chi connectivity index (χ0v) is 12.0. The number of benzene rings is 2. The summed E-state index contributed by atoms with van der Waals surface area (Å²) in [5, 5.41) is 9.41. The normalized spacial score (nSPS) is 10.0. The fourth-order valence-corrected chi connectivity index (χ4v) is 2.00. The van der Waals surface area contributed by atoms with Crippen molar-refractivity contribution in [1.29, 1.82) is 5.26 Å². The van der Waals surface area contributed by atoms with Crippen molar-refractivity contribution in [3.8, 4) is 11.8 Å². The first kappa shape index (κ1) is 13.9. The zero-order chi connectivity index (χ0) is 13.8. The Morgan fingerprint density at radius 1 is 1.26 bits per heavy atom. The van der Waals surface area contributed by atoms with Gasteiger partial charge in [-0.1, -0.05) is 33.6 Å². The Hall–Kier alpha value is -1.57. The van der Waals surface area contributed by atoms with Gasteiger partial charge in [-0.3, -0.25) is 0 Å². The molecule has 0 amide bonds. The maximum atomic E-state index is 13.6. The first-order valence-corrected chi connectivity index (χ1v) is 6.53. The first-order valence-electron chi connectivity index (χ1n) is 5.36. The van der Waals surface area contributed by atoms with Gasteiger partial charge < -0.3 is 4.74 Å². The molecule has 0 N–H and O–H groups in total. The van der Waals surface area contributed by atoms with Crippen LogP contribution in [-0.2, 0) is 6.61 Å². The number of halogens is 3. The summed E-state index contributed by atoms with van der Waals surface area (Å²) in [6, 6.07) is 11.4. The lowest BCUT2D eigenvalue weighted by molar-refractivity contribution is 0.299. The number of rotatable bonds is 3. The minimum Gasteiger partial charge on any atom is -0.487 e. The summed E-state index contributed by atoms with van der Waals surface area (Å²) in [7, 11) is 0. The molecule has 0 unspecified atom stereocenters. The predicted molar refractivity (Wildman–Crippen MR) is 74.6 cm³/mol. The summed E-state index contributed by atoms with van der Waals surface area (Å²) in [5.74, 6) is -0.0211. The Balaban J connectivity index is 2.19. The third-order valence-electron chi connectivity index (χ3n) is 2.46. The molecule has 2 aromatic rings. The van der Waals surface area contributed by atoms with Crippen LogP contribution in [0, 0.1) is 17.1 Å². The number of nitrogens with zero attached hydrogens (tertiary/aromatic N) is 1. The van der Waals surface area contributed by atoms with Crippen LogP contribution in [0.3, 0.4) is 0 Å². The molecular weight excluding hydrogens is 333 g/mol. The van der Waals surface area contributed by atoms with E-state index >= 15 is 0 Å². The largest absolute Gasteiger partial charge is 0.487 e. The van der Waals surface area contributed by atoms with E-state index in [1.807, 2.05) is 6.07 Å². The SMILES string of the molecule is N#Cc1ccc(Cl)cc1OCc1ccc(Br)cc1F. The van der Waals surface area contributed by atoms with Crippen LogP contribution in [0.25, 0.3) is 0 Å². The highest BCUT2D eigenvalue weighted by Gasteiger charge is 2.07. The smallest absolute Gasteiger partial charge is 0.139 e. The summed E-state index contributed by atoms with van der Waals surface area (Å²) in [4.78, 5) is 0. The molecule has 0 aromatic heterocycles. The Bertz CT molecular complexity index is 654. The number of ether oxygens (including phenoxy) is 1. The summed E-state index contributed by atoms with van der Waals surface area (Å²) >= 11 is 9.02. The molecule has 0 fully saturated rings. The molecule has 0 aliphatic carbocycles. The summed E-state index contributed by atoms with van der Waals surface area (Å²) in [6.45, 7) is 0.0358. The van der Waals surface area contributed by atoms with E-state index in [-0.39, 0.29) is 12.4 Å². The Morgan fingerprint density at radius 2 is 2.05 bits per heavy atom. The van der Waals surface area contributed by atoms with Gasteiger partial charge in [0.1, 0.15) is 24.2 Å². The van der Waals surface area contributed by atoms with Crippen molar-refractivity contribution < 1.29 is 9.13 Å². The molecule has 0 atom stereocenters. The highest BCUT2D eigenvalue weighted by Crippen LogP contribution is 2.24. The van der Waals surface area contributed by atoms with E-state index in [9.17, 15) is 4.39 Å². The fourth-order valence-electron chi connectivity index (χ4n) is 1.50. The maximum Gasteiger partial charge on any atom is 0.139 e. The lowest BCUT2D eigenvalue weighted by atomic mass is 10.2. The van der Waals surface area contributed by atoms with Gasteiger partial charge in [-0.05, 0) is 24.3 Å². The highest BCUT2D eigenvalue weighted by atomic mass is 79.9. The van der Waals surface area contributed by atoms with Crippen LogP contribution >= 0.6 is 27.5 Å². The van der Waals surface area contributed by atoms with Gasteiger partial charge in [0.2, 0.25) is 0 Å². The van der Waals surface area contributed by atoms with E-state index in [2.05, 4.69) is 15.9 Å². The molecular formula is C14H8BrClFNO. The second-order valence-electron chi connectivity index (χ2n) is 3.78. The molecule has 0 saturated heterocycles. The van der Waals surface area contributed by atoms with Crippen LogP contribution in [0.2, 0.25) is 5.02 Å². The molecule has 0 spiro atoms. The predicted octanol–water partition coefficient (Wildman–Crippen LogP) is 4.69. The van der Waals surface area contributed by atoms with Gasteiger partial charge >= 0.3 is 0 Å². The lowest BCUT2D eigenvalue weighted by Crippen LogP contribution is -2.00. The molecule has 2 nitrogen and oxygen atoms in total. The van der Waals surface area contributed by atoms with E-state index in [1.54, 1.807) is 24.3 Å². The van der Waals surface area contributed by atoms with E-state index in [4.69, 9.17) is 21.6 Å². The zero-order valence-electron chi connectivity index (χ0n) is 9.66. The molecule has 0 heterocycles. The van der Waals surface area contributed by atoms with Crippen molar-refractivity contribution >= 4 is 27.5 Å². The minimum atomic E-state index is -0.366. The van der Waals surface area contributed by atoms with Gasteiger partial charge in [-0.25, -0.2) is 4.39 Å². The van der Waals surface area contributed by atoms with Crippen molar-refractivity contribution in [2.24, 2.45) is 0 Å². The van der Waals surface area contributed by atoms with Crippen molar-refractivity contribution in [1.82, 2.24) is 0 Å². The van der Waals surface area contributed by atoms with Gasteiger partial charge in [0.15, 0.2) is 0 Å².